The van der Waals surface area contributed by atoms with Crippen molar-refractivity contribution in [2.75, 3.05) is 0 Å². The van der Waals surface area contributed by atoms with Crippen LogP contribution in [0.4, 0.5) is 0 Å². The first-order valence-electron chi connectivity index (χ1n) is 20.0. The van der Waals surface area contributed by atoms with Gasteiger partial charge in [-0.05, 0) is 0 Å². The van der Waals surface area contributed by atoms with E-state index in [0.29, 0.717) is 5.83 Å². The maximum atomic E-state index is 2.70. The Balaban J connectivity index is 1.16. The van der Waals surface area contributed by atoms with E-state index in [4.69, 9.17) is 0 Å². The van der Waals surface area contributed by atoms with Crippen LogP contribution in [0.15, 0.2) is 48.5 Å². The third-order valence-corrected chi connectivity index (χ3v) is 200. The summed E-state index contributed by atoms with van der Waals surface area (Å²) in [5.41, 5.74) is 18.8. The third kappa shape index (κ3) is 0.897. The van der Waals surface area contributed by atoms with Crippen LogP contribution in [0.25, 0.3) is 0 Å². The molecule has 250 valence electrons. The fourth-order valence-corrected chi connectivity index (χ4v) is 492. The van der Waals surface area contributed by atoms with E-state index in [0.717, 1.165) is 0 Å². The van der Waals surface area contributed by atoms with Gasteiger partial charge >= 0.3 is 282 Å². The van der Waals surface area contributed by atoms with Crippen molar-refractivity contribution in [1.82, 2.24) is 0 Å². The standard InChI is InChI=1S/C41H47P2.C5H5.Hf/c1-24-16-20-36(32(9)28(24)5)42(37-21-17-25(2)29(6)33(37)10)40-14-13-15-41(40)43(38-22-18-26(3)30(7)34(38)11)39-23-19-27(4)31(8)35(39)12;1-2-4-5-3-1;/h13-23H,1-12H3;1-5H;. The van der Waals surface area contributed by atoms with Crippen LogP contribution in [0, 0.1) is 83.1 Å². The van der Waals surface area contributed by atoms with Gasteiger partial charge in [-0.1, -0.05) is 0 Å². The van der Waals surface area contributed by atoms with Crippen LogP contribution in [0.5, 0.6) is 0 Å². The molecule has 49 heavy (non-hydrogen) atoms. The molecule has 10 aliphatic heterocycles. The van der Waals surface area contributed by atoms with Crippen LogP contribution < -0.4 is 21.2 Å². The van der Waals surface area contributed by atoms with Crippen molar-refractivity contribution in [3.63, 3.8) is 0 Å². The van der Waals surface area contributed by atoms with Crippen molar-refractivity contribution in [3.05, 3.63) is 115 Å². The molecule has 0 aliphatic carbocycles. The Morgan fingerprint density at radius 3 is 0.796 bits per heavy atom. The van der Waals surface area contributed by atoms with E-state index < -0.39 is 27.0 Å². The second-order valence-electron chi connectivity index (χ2n) is 24.0. The molecule has 0 amide bonds. The molecule has 4 aromatic rings. The monoisotopic (exact) mass is 846 g/mol. The molecule has 0 aromatic heterocycles. The van der Waals surface area contributed by atoms with Crippen molar-refractivity contribution >= 4 is 37.1 Å². The predicted molar refractivity (Wildman–Crippen MR) is 210 cm³/mol. The molecule has 1 spiro atoms. The summed E-state index contributed by atoms with van der Waals surface area (Å²) in [6.07, 6.45) is 0. The van der Waals surface area contributed by atoms with E-state index in [9.17, 15) is 0 Å². The Morgan fingerprint density at radius 1 is 0.347 bits per heavy atom. The molecular weight excluding hydrogens is 793 g/mol. The van der Waals surface area contributed by atoms with E-state index in [1.54, 1.807) is 44.5 Å². The molecule has 0 saturated carbocycles. The fourth-order valence-electron chi connectivity index (χ4n) is 31.2. The second-order valence-corrected chi connectivity index (χ2v) is 107. The molecule has 4 atom stereocenters. The van der Waals surface area contributed by atoms with E-state index >= 15 is 0 Å². The summed E-state index contributed by atoms with van der Waals surface area (Å²) in [5, 5.41) is 7.26. The average Bonchev–Trinajstić information content (AvgIpc) is 4.03. The van der Waals surface area contributed by atoms with Crippen LogP contribution in [0.2, 0.25) is 29.4 Å². The number of rotatable bonds is 6. The van der Waals surface area contributed by atoms with Gasteiger partial charge in [0.2, 0.25) is 0 Å². The molecule has 0 nitrogen and oxygen atoms in total. The molecular formula is C46H52HfP2. The van der Waals surface area contributed by atoms with Crippen LogP contribution in [0.3, 0.4) is 0 Å². The molecule has 10 fully saturated rings. The van der Waals surface area contributed by atoms with E-state index in [2.05, 4.69) is 132 Å². The van der Waals surface area contributed by atoms with Gasteiger partial charge in [-0.3, -0.25) is 0 Å². The molecule has 10 heterocycles. The van der Waals surface area contributed by atoms with Gasteiger partial charge in [0.1, 0.15) is 0 Å². The van der Waals surface area contributed by atoms with Crippen LogP contribution in [0.1, 0.15) is 66.8 Å². The van der Waals surface area contributed by atoms with Gasteiger partial charge in [0.15, 0.2) is 0 Å². The zero-order valence-corrected chi connectivity index (χ0v) is 37.0. The molecule has 10 aliphatic rings. The number of hydrogen-bond acceptors (Lipinski definition) is 0. The Bertz CT molecular complexity index is 2510. The predicted octanol–water partition coefficient (Wildman–Crippen LogP) is 11.2. The number of hydrogen-bond donors (Lipinski definition) is 0. The SMILES string of the molecule is Cc1ccc(P(c2ccc(C)c(C)c2C)[C]23[CH]4[CH]5[CH]6[C]2(P(c2ccc(C)c(C)c2C)c2ccc(C)c(C)c2C)[Hf]54632789[CH]3[CH]2[CH]7[CH]8[CH]39)c(C)c1C. The summed E-state index contributed by atoms with van der Waals surface area (Å²) in [5.74, 6) is 0. The van der Waals surface area contributed by atoms with Gasteiger partial charge in [0.25, 0.3) is 0 Å². The molecule has 3 heteroatoms. The van der Waals surface area contributed by atoms with Gasteiger partial charge in [-0.15, -0.1) is 0 Å². The van der Waals surface area contributed by atoms with E-state index in [1.807, 2.05) is 21.2 Å². The van der Waals surface area contributed by atoms with Crippen molar-refractivity contribution in [2.45, 2.75) is 118 Å². The number of fused-ring (bicyclic) bond motifs is 10. The van der Waals surface area contributed by atoms with E-state index in [1.165, 1.54) is 51.6 Å². The second kappa shape index (κ2) is 4.84. The molecule has 14 rings (SSSR count). The Labute approximate surface area is 279 Å². The first kappa shape index (κ1) is 28.2. The molecule has 4 unspecified atom stereocenters. The molecule has 0 bridgehead atoms. The summed E-state index contributed by atoms with van der Waals surface area (Å²) in [7, 11) is -0.885. The Kier molecular flexibility index (Phi) is 2.78. The van der Waals surface area contributed by atoms with Gasteiger partial charge < -0.3 is 0 Å². The minimum atomic E-state index is -4.89. The number of benzene rings is 4. The molecule has 10 saturated heterocycles. The Morgan fingerprint density at radius 2 is 0.592 bits per heavy atom. The topological polar surface area (TPSA) is 0 Å². The summed E-state index contributed by atoms with van der Waals surface area (Å²) < 4.78 is 11.6. The Hall–Kier alpha value is -1.39. The summed E-state index contributed by atoms with van der Waals surface area (Å²) >= 11 is -4.89. The van der Waals surface area contributed by atoms with Crippen LogP contribution >= 0.6 is 15.8 Å². The van der Waals surface area contributed by atoms with Gasteiger partial charge in [-0.25, -0.2) is 0 Å². The third-order valence-electron chi connectivity index (χ3n) is 30.0. The normalized spacial score (nSPS) is 50.8. The quantitative estimate of drug-likeness (QED) is 0.134. The minimum absolute atomic E-state index is 0.442. The van der Waals surface area contributed by atoms with Crippen molar-refractivity contribution in [1.29, 1.82) is 0 Å². The fraction of sp³-hybridized carbons (Fsp3) is 0.478. The van der Waals surface area contributed by atoms with Crippen molar-refractivity contribution < 1.29 is 11.2 Å². The zero-order valence-electron chi connectivity index (χ0n) is 31.6. The number of aryl methyl sites for hydroxylation is 4. The van der Waals surface area contributed by atoms with Crippen LogP contribution in [-0.2, 0) is 11.2 Å². The van der Waals surface area contributed by atoms with Crippen molar-refractivity contribution in [3.8, 4) is 0 Å². The van der Waals surface area contributed by atoms with E-state index in [-0.39, 0.29) is 0 Å². The van der Waals surface area contributed by atoms with Gasteiger partial charge in [-0.2, -0.15) is 0 Å². The molecule has 4 aromatic carbocycles. The molecule has 0 radical (unpaired) electrons. The summed E-state index contributed by atoms with van der Waals surface area (Å²) in [6, 6.07) is 21.0. The first-order valence-corrected chi connectivity index (χ1v) is 42.8. The maximum absolute atomic E-state index is 4.89. The zero-order chi connectivity index (χ0) is 34.0. The first-order chi connectivity index (χ1) is 23.0. The summed E-state index contributed by atoms with van der Waals surface area (Å²) in [4.78, 5) is 0. The van der Waals surface area contributed by atoms with Gasteiger partial charge in [0, 0.05) is 0 Å². The van der Waals surface area contributed by atoms with Gasteiger partial charge in [0.05, 0.1) is 0 Å². The molecule has 0 N–H and O–H groups in total. The average molecular weight is 845 g/mol. The van der Waals surface area contributed by atoms with Crippen LogP contribution in [-0.4, -0.2) is 5.83 Å². The summed E-state index contributed by atoms with van der Waals surface area (Å²) in [6.45, 7) is 29.3. The van der Waals surface area contributed by atoms with Crippen molar-refractivity contribution in [2.24, 2.45) is 0 Å².